The summed E-state index contributed by atoms with van der Waals surface area (Å²) >= 11 is 1.68. The lowest BCUT2D eigenvalue weighted by molar-refractivity contribution is 0.0719. The van der Waals surface area contributed by atoms with Gasteiger partial charge in [-0.15, -0.1) is 11.3 Å². The molecular weight excluding hydrogens is 300 g/mol. The van der Waals surface area contributed by atoms with E-state index < -0.39 is 0 Å². The highest BCUT2D eigenvalue weighted by molar-refractivity contribution is 7.09. The minimum absolute atomic E-state index is 0.0630. The summed E-state index contributed by atoms with van der Waals surface area (Å²) in [7, 11) is 0. The molecule has 0 atom stereocenters. The molecule has 0 N–H and O–H groups in total. The first kappa shape index (κ1) is 15.2. The van der Waals surface area contributed by atoms with Crippen molar-refractivity contribution >= 4 is 17.2 Å². The Balaban J connectivity index is 1.58. The number of hydrogen-bond acceptors (Lipinski definition) is 6. The fourth-order valence-corrected chi connectivity index (χ4v) is 3.27. The number of rotatable bonds is 3. The van der Waals surface area contributed by atoms with E-state index in [2.05, 4.69) is 20.4 Å². The van der Waals surface area contributed by atoms with Crippen molar-refractivity contribution in [2.75, 3.05) is 26.2 Å². The summed E-state index contributed by atoms with van der Waals surface area (Å²) in [4.78, 5) is 21.1. The lowest BCUT2D eigenvalue weighted by atomic mass is 10.3. The first-order chi connectivity index (χ1) is 10.6. The number of carbonyl (C=O) groups excluding carboxylic acids is 1. The topological polar surface area (TPSA) is 62.5 Å². The summed E-state index contributed by atoms with van der Waals surface area (Å²) in [6, 6.07) is 1.70. The largest absolute Gasteiger partial charge is 0.351 e. The van der Waals surface area contributed by atoms with Crippen LogP contribution in [0, 0.1) is 13.8 Å². The molecule has 0 radical (unpaired) electrons. The lowest BCUT2D eigenvalue weighted by Gasteiger charge is -2.20. The summed E-state index contributed by atoms with van der Waals surface area (Å²) in [5, 5.41) is 7.00. The highest BCUT2D eigenvalue weighted by atomic mass is 32.1. The standard InChI is InChI=1S/C15H20N4O2S/c1-11-8-14(21-17-11)15(20)19-5-3-4-18(6-7-19)9-13-10-22-12(2)16-13/h8,10H,3-7,9H2,1-2H3. The van der Waals surface area contributed by atoms with E-state index in [9.17, 15) is 4.79 Å². The fourth-order valence-electron chi connectivity index (χ4n) is 2.66. The van der Waals surface area contributed by atoms with Gasteiger partial charge < -0.3 is 9.42 Å². The molecule has 0 aromatic carbocycles. The van der Waals surface area contributed by atoms with Gasteiger partial charge >= 0.3 is 0 Å². The van der Waals surface area contributed by atoms with Crippen molar-refractivity contribution in [3.8, 4) is 0 Å². The van der Waals surface area contributed by atoms with Crippen LogP contribution < -0.4 is 0 Å². The minimum Gasteiger partial charge on any atom is -0.351 e. The van der Waals surface area contributed by atoms with Gasteiger partial charge in [-0.05, 0) is 20.3 Å². The Labute approximate surface area is 133 Å². The van der Waals surface area contributed by atoms with E-state index in [1.807, 2.05) is 18.7 Å². The van der Waals surface area contributed by atoms with Crippen molar-refractivity contribution in [1.82, 2.24) is 19.9 Å². The van der Waals surface area contributed by atoms with Gasteiger partial charge in [0, 0.05) is 44.2 Å². The second-order valence-electron chi connectivity index (χ2n) is 5.61. The normalized spacial score (nSPS) is 16.7. The monoisotopic (exact) mass is 320 g/mol. The molecule has 7 heteroatoms. The van der Waals surface area contributed by atoms with Gasteiger partial charge in [-0.3, -0.25) is 9.69 Å². The van der Waals surface area contributed by atoms with Gasteiger partial charge in [-0.25, -0.2) is 4.98 Å². The first-order valence-electron chi connectivity index (χ1n) is 7.48. The molecule has 1 saturated heterocycles. The molecule has 1 aliphatic rings. The number of hydrogen-bond donors (Lipinski definition) is 0. The average molecular weight is 320 g/mol. The number of aromatic nitrogens is 2. The predicted octanol–water partition coefficient (Wildman–Crippen LogP) is 2.10. The summed E-state index contributed by atoms with van der Waals surface area (Å²) < 4.78 is 5.08. The molecular formula is C15H20N4O2S. The Hall–Kier alpha value is -1.73. The molecule has 118 valence electrons. The number of amides is 1. The zero-order valence-electron chi connectivity index (χ0n) is 12.9. The fraction of sp³-hybridized carbons (Fsp3) is 0.533. The van der Waals surface area contributed by atoms with Crippen LogP contribution in [0.5, 0.6) is 0 Å². The Morgan fingerprint density at radius 3 is 2.86 bits per heavy atom. The molecule has 0 spiro atoms. The minimum atomic E-state index is -0.0630. The van der Waals surface area contributed by atoms with Crippen molar-refractivity contribution in [3.63, 3.8) is 0 Å². The van der Waals surface area contributed by atoms with E-state index in [-0.39, 0.29) is 5.91 Å². The molecule has 1 aliphatic heterocycles. The SMILES string of the molecule is Cc1cc(C(=O)N2CCCN(Cc3csc(C)n3)CC2)on1. The van der Waals surface area contributed by atoms with Crippen LogP contribution in [0.2, 0.25) is 0 Å². The molecule has 22 heavy (non-hydrogen) atoms. The van der Waals surface area contributed by atoms with Crippen molar-refractivity contribution in [2.24, 2.45) is 0 Å². The number of thiazole rings is 1. The number of nitrogens with zero attached hydrogens (tertiary/aromatic N) is 4. The zero-order valence-corrected chi connectivity index (χ0v) is 13.7. The number of carbonyl (C=O) groups is 1. The summed E-state index contributed by atoms with van der Waals surface area (Å²) in [6.45, 7) is 8.00. The summed E-state index contributed by atoms with van der Waals surface area (Å²) in [5.41, 5.74) is 1.85. The van der Waals surface area contributed by atoms with Crippen LogP contribution in [0.15, 0.2) is 16.0 Å². The molecule has 0 aliphatic carbocycles. The van der Waals surface area contributed by atoms with Gasteiger partial charge in [-0.2, -0.15) is 0 Å². The van der Waals surface area contributed by atoms with Crippen molar-refractivity contribution in [3.05, 3.63) is 33.6 Å². The van der Waals surface area contributed by atoms with Gasteiger partial charge in [0.25, 0.3) is 5.91 Å². The maximum absolute atomic E-state index is 12.4. The van der Waals surface area contributed by atoms with Gasteiger partial charge in [0.15, 0.2) is 0 Å². The zero-order chi connectivity index (χ0) is 15.5. The van der Waals surface area contributed by atoms with Crippen LogP contribution in [-0.4, -0.2) is 52.0 Å². The van der Waals surface area contributed by atoms with Crippen LogP contribution in [0.3, 0.4) is 0 Å². The molecule has 0 saturated carbocycles. The second kappa shape index (κ2) is 6.58. The molecule has 1 fully saturated rings. The molecule has 0 bridgehead atoms. The van der Waals surface area contributed by atoms with E-state index in [1.165, 1.54) is 0 Å². The van der Waals surface area contributed by atoms with E-state index >= 15 is 0 Å². The Morgan fingerprint density at radius 1 is 1.32 bits per heavy atom. The molecule has 2 aromatic rings. The smallest absolute Gasteiger partial charge is 0.292 e. The van der Waals surface area contributed by atoms with E-state index in [1.54, 1.807) is 17.4 Å². The van der Waals surface area contributed by atoms with E-state index in [4.69, 9.17) is 4.52 Å². The quantitative estimate of drug-likeness (QED) is 0.866. The maximum atomic E-state index is 12.4. The van der Waals surface area contributed by atoms with Crippen molar-refractivity contribution in [2.45, 2.75) is 26.8 Å². The Kier molecular flexibility index (Phi) is 4.54. The van der Waals surface area contributed by atoms with Crippen LogP contribution in [0.1, 0.15) is 33.4 Å². The van der Waals surface area contributed by atoms with E-state index in [0.29, 0.717) is 12.3 Å². The lowest BCUT2D eigenvalue weighted by Crippen LogP contribution is -2.35. The molecule has 1 amide bonds. The van der Waals surface area contributed by atoms with E-state index in [0.717, 1.165) is 49.0 Å². The third kappa shape index (κ3) is 3.53. The molecule has 3 heterocycles. The van der Waals surface area contributed by atoms with Crippen LogP contribution in [0.25, 0.3) is 0 Å². The first-order valence-corrected chi connectivity index (χ1v) is 8.36. The Morgan fingerprint density at radius 2 is 2.18 bits per heavy atom. The third-order valence-electron chi connectivity index (χ3n) is 3.77. The molecule has 2 aromatic heterocycles. The molecule has 6 nitrogen and oxygen atoms in total. The maximum Gasteiger partial charge on any atom is 0.292 e. The Bertz CT molecular complexity index is 652. The summed E-state index contributed by atoms with van der Waals surface area (Å²) in [6.07, 6.45) is 0.960. The predicted molar refractivity (Wildman–Crippen MR) is 83.9 cm³/mol. The van der Waals surface area contributed by atoms with Gasteiger partial charge in [0.1, 0.15) is 0 Å². The van der Waals surface area contributed by atoms with Gasteiger partial charge in [0.2, 0.25) is 5.76 Å². The van der Waals surface area contributed by atoms with Crippen LogP contribution in [-0.2, 0) is 6.54 Å². The average Bonchev–Trinajstić information content (AvgIpc) is 3.02. The second-order valence-corrected chi connectivity index (χ2v) is 6.67. The van der Waals surface area contributed by atoms with Crippen molar-refractivity contribution < 1.29 is 9.32 Å². The van der Waals surface area contributed by atoms with Crippen LogP contribution in [0.4, 0.5) is 0 Å². The van der Waals surface area contributed by atoms with Gasteiger partial charge in [-0.1, -0.05) is 5.16 Å². The van der Waals surface area contributed by atoms with Crippen molar-refractivity contribution in [1.29, 1.82) is 0 Å². The summed E-state index contributed by atoms with van der Waals surface area (Å²) in [5.74, 6) is 0.271. The number of aryl methyl sites for hydroxylation is 2. The molecule has 0 unspecified atom stereocenters. The highest BCUT2D eigenvalue weighted by Crippen LogP contribution is 2.14. The molecule has 3 rings (SSSR count). The highest BCUT2D eigenvalue weighted by Gasteiger charge is 2.23. The van der Waals surface area contributed by atoms with Crippen LogP contribution >= 0.6 is 11.3 Å². The van der Waals surface area contributed by atoms with Gasteiger partial charge in [0.05, 0.1) is 16.4 Å². The third-order valence-corrected chi connectivity index (χ3v) is 4.59.